The Bertz CT molecular complexity index is 1240. The quantitative estimate of drug-likeness (QED) is 0.503. The SMILES string of the molecule is O=C([C@H](Cc1ccccc1)n1cnnn1)N1CCN(S(=O)(=O)c2ccc3c(c2)OCCO3)CC1. The van der Waals surface area contributed by atoms with Gasteiger partial charge in [0, 0.05) is 38.7 Å². The van der Waals surface area contributed by atoms with E-state index in [4.69, 9.17) is 9.47 Å². The summed E-state index contributed by atoms with van der Waals surface area (Å²) in [5.41, 5.74) is 0.983. The van der Waals surface area contributed by atoms with E-state index in [2.05, 4.69) is 15.5 Å². The van der Waals surface area contributed by atoms with Crippen LogP contribution in [0.1, 0.15) is 11.6 Å². The summed E-state index contributed by atoms with van der Waals surface area (Å²) in [4.78, 5) is 15.2. The van der Waals surface area contributed by atoms with E-state index < -0.39 is 16.1 Å². The maximum Gasteiger partial charge on any atom is 0.248 e. The van der Waals surface area contributed by atoms with Gasteiger partial charge in [0.15, 0.2) is 11.5 Å². The largest absolute Gasteiger partial charge is 0.486 e. The molecule has 2 aliphatic rings. The van der Waals surface area contributed by atoms with Gasteiger partial charge in [0.25, 0.3) is 0 Å². The summed E-state index contributed by atoms with van der Waals surface area (Å²) >= 11 is 0. The van der Waals surface area contributed by atoms with E-state index in [0.29, 0.717) is 31.1 Å². The lowest BCUT2D eigenvalue weighted by atomic mass is 10.0. The highest BCUT2D eigenvalue weighted by Crippen LogP contribution is 2.33. The lowest BCUT2D eigenvalue weighted by Crippen LogP contribution is -2.52. The molecular weight excluding hydrogens is 460 g/mol. The first-order valence-corrected chi connectivity index (χ1v) is 12.4. The van der Waals surface area contributed by atoms with Crippen LogP contribution in [0, 0.1) is 0 Å². The molecule has 0 saturated carbocycles. The molecular formula is C22H24N6O5S. The van der Waals surface area contributed by atoms with Gasteiger partial charge in [0.1, 0.15) is 25.6 Å². The molecule has 3 aromatic rings. The van der Waals surface area contributed by atoms with Crippen molar-refractivity contribution < 1.29 is 22.7 Å². The molecule has 1 atom stereocenters. The van der Waals surface area contributed by atoms with Crippen LogP contribution in [0.25, 0.3) is 0 Å². The molecule has 12 heteroatoms. The monoisotopic (exact) mass is 484 g/mol. The maximum atomic E-state index is 13.4. The van der Waals surface area contributed by atoms with Crippen molar-refractivity contribution in [3.63, 3.8) is 0 Å². The number of hydrogen-bond acceptors (Lipinski definition) is 8. The van der Waals surface area contributed by atoms with Crippen LogP contribution in [0.4, 0.5) is 0 Å². The van der Waals surface area contributed by atoms with E-state index in [0.717, 1.165) is 5.56 Å². The van der Waals surface area contributed by atoms with Crippen molar-refractivity contribution in [3.05, 3.63) is 60.4 Å². The standard InChI is InChI=1S/C22H24N6O5S/c29-22(19(28-16-23-24-25-28)14-17-4-2-1-3-5-17)26-8-10-27(11-9-26)34(30,31)18-6-7-20-21(15-18)33-13-12-32-20/h1-7,15-16,19H,8-14H2/t19-/m0/s1. The third-order valence-electron chi connectivity index (χ3n) is 5.94. The van der Waals surface area contributed by atoms with Gasteiger partial charge in [0.2, 0.25) is 15.9 Å². The number of carbonyl (C=O) groups excluding carboxylic acids is 1. The molecule has 178 valence electrons. The molecule has 1 fully saturated rings. The predicted molar refractivity (Wildman–Crippen MR) is 120 cm³/mol. The summed E-state index contributed by atoms with van der Waals surface area (Å²) in [7, 11) is -3.73. The zero-order valence-corrected chi connectivity index (χ0v) is 19.2. The highest BCUT2D eigenvalue weighted by molar-refractivity contribution is 7.89. The number of tetrazole rings is 1. The zero-order chi connectivity index (χ0) is 23.5. The van der Waals surface area contributed by atoms with E-state index in [1.54, 1.807) is 11.0 Å². The number of carbonyl (C=O) groups is 1. The highest BCUT2D eigenvalue weighted by atomic mass is 32.2. The molecule has 0 spiro atoms. The highest BCUT2D eigenvalue weighted by Gasteiger charge is 2.34. The fraction of sp³-hybridized carbons (Fsp3) is 0.364. The Kier molecular flexibility index (Phi) is 6.16. The Morgan fingerprint density at radius 1 is 0.971 bits per heavy atom. The third kappa shape index (κ3) is 4.46. The average molecular weight is 485 g/mol. The van der Waals surface area contributed by atoms with Crippen molar-refractivity contribution in [2.45, 2.75) is 17.4 Å². The van der Waals surface area contributed by atoms with Crippen molar-refractivity contribution in [2.24, 2.45) is 0 Å². The van der Waals surface area contributed by atoms with Gasteiger partial charge in [-0.15, -0.1) is 5.10 Å². The maximum absolute atomic E-state index is 13.4. The van der Waals surface area contributed by atoms with E-state index in [-0.39, 0.29) is 37.0 Å². The summed E-state index contributed by atoms with van der Waals surface area (Å²) < 4.78 is 40.3. The summed E-state index contributed by atoms with van der Waals surface area (Å²) in [6.45, 7) is 1.74. The van der Waals surface area contributed by atoms with Crippen molar-refractivity contribution in [3.8, 4) is 11.5 Å². The second kappa shape index (κ2) is 9.39. The first kappa shape index (κ1) is 22.3. The van der Waals surface area contributed by atoms with Crippen molar-refractivity contribution in [1.29, 1.82) is 0 Å². The van der Waals surface area contributed by atoms with Gasteiger partial charge in [-0.2, -0.15) is 4.31 Å². The van der Waals surface area contributed by atoms with Gasteiger partial charge >= 0.3 is 0 Å². The van der Waals surface area contributed by atoms with Crippen LogP contribution < -0.4 is 9.47 Å². The van der Waals surface area contributed by atoms with Crippen LogP contribution in [0.3, 0.4) is 0 Å². The number of benzene rings is 2. The molecule has 0 aliphatic carbocycles. The first-order chi connectivity index (χ1) is 16.5. The fourth-order valence-corrected chi connectivity index (χ4v) is 5.57. The van der Waals surface area contributed by atoms with Crippen LogP contribution in [0.2, 0.25) is 0 Å². The van der Waals surface area contributed by atoms with Crippen molar-refractivity contribution in [1.82, 2.24) is 29.4 Å². The predicted octanol–water partition coefficient (Wildman–Crippen LogP) is 0.761. The molecule has 3 heterocycles. The van der Waals surface area contributed by atoms with Gasteiger partial charge in [0.05, 0.1) is 4.90 Å². The smallest absolute Gasteiger partial charge is 0.248 e. The van der Waals surface area contributed by atoms with Crippen LogP contribution in [-0.4, -0.2) is 83.1 Å². The average Bonchev–Trinajstić information content (AvgIpc) is 3.42. The van der Waals surface area contributed by atoms with Crippen LogP contribution in [-0.2, 0) is 21.2 Å². The first-order valence-electron chi connectivity index (χ1n) is 11.0. The van der Waals surface area contributed by atoms with Crippen LogP contribution in [0.5, 0.6) is 11.5 Å². The summed E-state index contributed by atoms with van der Waals surface area (Å²) in [6, 6.07) is 13.7. The van der Waals surface area contributed by atoms with Gasteiger partial charge in [-0.1, -0.05) is 30.3 Å². The number of piperazine rings is 1. The van der Waals surface area contributed by atoms with E-state index in [1.165, 1.54) is 27.4 Å². The number of rotatable bonds is 6. The van der Waals surface area contributed by atoms with Crippen LogP contribution in [0.15, 0.2) is 59.8 Å². The number of aromatic nitrogens is 4. The molecule has 34 heavy (non-hydrogen) atoms. The summed E-state index contributed by atoms with van der Waals surface area (Å²) in [5, 5.41) is 11.3. The van der Waals surface area contributed by atoms with Crippen molar-refractivity contribution in [2.75, 3.05) is 39.4 Å². The lowest BCUT2D eigenvalue weighted by Gasteiger charge is -2.35. The van der Waals surface area contributed by atoms with Crippen LogP contribution >= 0.6 is 0 Å². The van der Waals surface area contributed by atoms with Gasteiger partial charge in [-0.25, -0.2) is 13.1 Å². The number of nitrogens with zero attached hydrogens (tertiary/aromatic N) is 6. The molecule has 1 amide bonds. The van der Waals surface area contributed by atoms with E-state index >= 15 is 0 Å². The zero-order valence-electron chi connectivity index (χ0n) is 18.4. The van der Waals surface area contributed by atoms with Crippen molar-refractivity contribution >= 4 is 15.9 Å². The summed E-state index contributed by atoms with van der Waals surface area (Å²) in [6.07, 6.45) is 1.86. The minimum Gasteiger partial charge on any atom is -0.486 e. The molecule has 11 nitrogen and oxygen atoms in total. The molecule has 0 bridgehead atoms. The Hall–Kier alpha value is -3.51. The number of hydrogen-bond donors (Lipinski definition) is 0. The van der Waals surface area contributed by atoms with Gasteiger partial charge in [-0.05, 0) is 28.1 Å². The minimum absolute atomic E-state index is 0.146. The Labute approximate surface area is 196 Å². The molecule has 0 radical (unpaired) electrons. The molecule has 5 rings (SSSR count). The van der Waals surface area contributed by atoms with Gasteiger partial charge < -0.3 is 14.4 Å². The molecule has 2 aliphatic heterocycles. The minimum atomic E-state index is -3.73. The van der Waals surface area contributed by atoms with E-state index in [9.17, 15) is 13.2 Å². The molecule has 0 unspecified atom stereocenters. The molecule has 1 aromatic heterocycles. The Morgan fingerprint density at radius 3 is 2.41 bits per heavy atom. The number of sulfonamides is 1. The summed E-state index contributed by atoms with van der Waals surface area (Å²) in [5.74, 6) is 0.812. The number of amides is 1. The third-order valence-corrected chi connectivity index (χ3v) is 7.84. The topological polar surface area (TPSA) is 120 Å². The number of ether oxygens (including phenoxy) is 2. The Balaban J connectivity index is 1.28. The van der Waals surface area contributed by atoms with E-state index in [1.807, 2.05) is 30.3 Å². The lowest BCUT2D eigenvalue weighted by molar-refractivity contribution is -0.136. The number of fused-ring (bicyclic) bond motifs is 1. The fourth-order valence-electron chi connectivity index (χ4n) is 4.14. The Morgan fingerprint density at radius 2 is 1.71 bits per heavy atom. The second-order valence-corrected chi connectivity index (χ2v) is 9.97. The second-order valence-electron chi connectivity index (χ2n) is 8.03. The van der Waals surface area contributed by atoms with Gasteiger partial charge in [-0.3, -0.25) is 4.79 Å². The molecule has 2 aromatic carbocycles. The molecule has 0 N–H and O–H groups in total. The normalized spacial score (nSPS) is 17.4. The molecule has 1 saturated heterocycles.